The van der Waals surface area contributed by atoms with Gasteiger partial charge in [0, 0.05) is 29.3 Å². The fraction of sp³-hybridized carbons (Fsp3) is 0.600. The summed E-state index contributed by atoms with van der Waals surface area (Å²) in [7, 11) is 1.98. The van der Waals surface area contributed by atoms with Crippen LogP contribution in [-0.4, -0.2) is 29.4 Å². The molecule has 0 saturated heterocycles. The Labute approximate surface area is 123 Å². The maximum absolute atomic E-state index is 10.5. The minimum Gasteiger partial charge on any atom is -0.389 e. The molecule has 106 valence electrons. The molecule has 0 heterocycles. The summed E-state index contributed by atoms with van der Waals surface area (Å²) < 4.78 is 0.958. The average molecular weight is 328 g/mol. The SMILES string of the molecule is CC(O)c1cc(Br)ccc1N(C)CC1(O)CCCC1. The van der Waals surface area contributed by atoms with E-state index in [1.54, 1.807) is 6.92 Å². The lowest BCUT2D eigenvalue weighted by molar-refractivity contribution is 0.0558. The Bertz CT molecular complexity index is 442. The molecule has 1 aromatic rings. The van der Waals surface area contributed by atoms with Gasteiger partial charge in [0.2, 0.25) is 0 Å². The number of likely N-dealkylation sites (N-methyl/N-ethyl adjacent to an activating group) is 1. The Morgan fingerprint density at radius 3 is 2.58 bits per heavy atom. The van der Waals surface area contributed by atoms with Gasteiger partial charge in [-0.05, 0) is 38.0 Å². The number of halogens is 1. The molecular formula is C15H22BrNO2. The summed E-state index contributed by atoms with van der Waals surface area (Å²) in [6, 6.07) is 5.90. The summed E-state index contributed by atoms with van der Waals surface area (Å²) >= 11 is 3.43. The van der Waals surface area contributed by atoms with Crippen LogP contribution in [0.5, 0.6) is 0 Å². The second kappa shape index (κ2) is 5.81. The molecule has 1 saturated carbocycles. The van der Waals surface area contributed by atoms with Gasteiger partial charge in [-0.15, -0.1) is 0 Å². The van der Waals surface area contributed by atoms with Crippen LogP contribution < -0.4 is 4.90 Å². The van der Waals surface area contributed by atoms with Crippen LogP contribution in [0, 0.1) is 0 Å². The van der Waals surface area contributed by atoms with Crippen LogP contribution in [0.1, 0.15) is 44.3 Å². The molecule has 19 heavy (non-hydrogen) atoms. The van der Waals surface area contributed by atoms with Crippen molar-refractivity contribution < 1.29 is 10.2 Å². The molecule has 0 bridgehead atoms. The number of hydrogen-bond donors (Lipinski definition) is 2. The number of hydrogen-bond acceptors (Lipinski definition) is 3. The van der Waals surface area contributed by atoms with Crippen LogP contribution in [0.15, 0.2) is 22.7 Å². The molecule has 1 fully saturated rings. The third-order valence-corrected chi connectivity index (χ3v) is 4.41. The Morgan fingerprint density at radius 1 is 1.37 bits per heavy atom. The van der Waals surface area contributed by atoms with E-state index in [2.05, 4.69) is 20.8 Å². The van der Waals surface area contributed by atoms with Crippen molar-refractivity contribution >= 4 is 21.6 Å². The summed E-state index contributed by atoms with van der Waals surface area (Å²) in [6.45, 7) is 2.39. The predicted octanol–water partition coefficient (Wildman–Crippen LogP) is 3.24. The van der Waals surface area contributed by atoms with Crippen LogP contribution in [0.2, 0.25) is 0 Å². The van der Waals surface area contributed by atoms with E-state index in [0.29, 0.717) is 6.54 Å². The molecular weight excluding hydrogens is 306 g/mol. The number of anilines is 1. The van der Waals surface area contributed by atoms with Crippen molar-refractivity contribution in [2.45, 2.75) is 44.3 Å². The quantitative estimate of drug-likeness (QED) is 0.892. The summed E-state index contributed by atoms with van der Waals surface area (Å²) in [5, 5.41) is 20.4. The Balaban J connectivity index is 2.20. The summed E-state index contributed by atoms with van der Waals surface area (Å²) in [5.74, 6) is 0. The third-order valence-electron chi connectivity index (χ3n) is 3.92. The van der Waals surface area contributed by atoms with E-state index in [9.17, 15) is 10.2 Å². The molecule has 1 aliphatic rings. The van der Waals surface area contributed by atoms with Crippen LogP contribution >= 0.6 is 15.9 Å². The molecule has 2 rings (SSSR count). The maximum Gasteiger partial charge on any atom is 0.0821 e. The zero-order valence-corrected chi connectivity index (χ0v) is 13.2. The largest absolute Gasteiger partial charge is 0.389 e. The number of rotatable bonds is 4. The normalized spacial score (nSPS) is 19.4. The smallest absolute Gasteiger partial charge is 0.0821 e. The van der Waals surface area contributed by atoms with Crippen molar-refractivity contribution in [3.63, 3.8) is 0 Å². The van der Waals surface area contributed by atoms with Gasteiger partial charge in [-0.25, -0.2) is 0 Å². The van der Waals surface area contributed by atoms with E-state index in [0.717, 1.165) is 41.4 Å². The highest BCUT2D eigenvalue weighted by molar-refractivity contribution is 9.10. The van der Waals surface area contributed by atoms with Crippen molar-refractivity contribution in [3.8, 4) is 0 Å². The standard InChI is InChI=1S/C15H22BrNO2/c1-11(18)13-9-12(16)5-6-14(13)17(2)10-15(19)7-3-4-8-15/h5-6,9,11,18-19H,3-4,7-8,10H2,1-2H3. The summed E-state index contributed by atoms with van der Waals surface area (Å²) in [6.07, 6.45) is 3.44. The molecule has 1 unspecified atom stereocenters. The molecule has 3 nitrogen and oxygen atoms in total. The molecule has 0 amide bonds. The van der Waals surface area contributed by atoms with Gasteiger partial charge < -0.3 is 15.1 Å². The highest BCUT2D eigenvalue weighted by Crippen LogP contribution is 2.34. The van der Waals surface area contributed by atoms with E-state index in [4.69, 9.17) is 0 Å². The van der Waals surface area contributed by atoms with Gasteiger partial charge in [-0.2, -0.15) is 0 Å². The minimum absolute atomic E-state index is 0.520. The van der Waals surface area contributed by atoms with Crippen LogP contribution in [0.4, 0.5) is 5.69 Å². The number of benzene rings is 1. The molecule has 0 aliphatic heterocycles. The number of nitrogens with zero attached hydrogens (tertiary/aromatic N) is 1. The first-order valence-electron chi connectivity index (χ1n) is 6.82. The van der Waals surface area contributed by atoms with Crippen LogP contribution in [-0.2, 0) is 0 Å². The molecule has 0 spiro atoms. The highest BCUT2D eigenvalue weighted by Gasteiger charge is 2.32. The zero-order chi connectivity index (χ0) is 14.0. The molecule has 1 aromatic carbocycles. The van der Waals surface area contributed by atoms with Gasteiger partial charge in [0.15, 0.2) is 0 Å². The van der Waals surface area contributed by atoms with Crippen molar-refractivity contribution in [2.75, 3.05) is 18.5 Å². The zero-order valence-electron chi connectivity index (χ0n) is 11.6. The lowest BCUT2D eigenvalue weighted by atomic mass is 10.0. The summed E-state index contributed by atoms with van der Waals surface area (Å²) in [4.78, 5) is 2.06. The third kappa shape index (κ3) is 3.50. The Morgan fingerprint density at radius 2 is 2.00 bits per heavy atom. The second-order valence-electron chi connectivity index (χ2n) is 5.67. The van der Waals surface area contributed by atoms with Crippen molar-refractivity contribution in [3.05, 3.63) is 28.2 Å². The first-order chi connectivity index (χ1) is 8.91. The van der Waals surface area contributed by atoms with Crippen molar-refractivity contribution in [2.24, 2.45) is 0 Å². The van der Waals surface area contributed by atoms with Crippen molar-refractivity contribution in [1.82, 2.24) is 0 Å². The molecule has 1 atom stereocenters. The molecule has 0 radical (unpaired) electrons. The maximum atomic E-state index is 10.5. The van der Waals surface area contributed by atoms with E-state index >= 15 is 0 Å². The molecule has 0 aromatic heterocycles. The fourth-order valence-electron chi connectivity index (χ4n) is 2.93. The van der Waals surface area contributed by atoms with E-state index in [1.807, 2.05) is 25.2 Å². The first-order valence-corrected chi connectivity index (χ1v) is 7.62. The van der Waals surface area contributed by atoms with Crippen molar-refractivity contribution in [1.29, 1.82) is 0 Å². The fourth-order valence-corrected chi connectivity index (χ4v) is 3.30. The molecule has 2 N–H and O–H groups in total. The van der Waals surface area contributed by atoms with E-state index in [-0.39, 0.29) is 0 Å². The second-order valence-corrected chi connectivity index (χ2v) is 6.58. The lowest BCUT2D eigenvalue weighted by Gasteiger charge is -2.31. The van der Waals surface area contributed by atoms with Gasteiger partial charge >= 0.3 is 0 Å². The van der Waals surface area contributed by atoms with Crippen LogP contribution in [0.3, 0.4) is 0 Å². The Hall–Kier alpha value is -0.580. The van der Waals surface area contributed by atoms with Gasteiger partial charge in [0.05, 0.1) is 11.7 Å². The first kappa shape index (κ1) is 14.8. The van der Waals surface area contributed by atoms with Gasteiger partial charge in [0.1, 0.15) is 0 Å². The average Bonchev–Trinajstić information content (AvgIpc) is 2.75. The molecule has 4 heteroatoms. The number of aliphatic hydroxyl groups excluding tert-OH is 1. The summed E-state index contributed by atoms with van der Waals surface area (Å²) in [5.41, 5.74) is 1.30. The topological polar surface area (TPSA) is 43.7 Å². The van der Waals surface area contributed by atoms with Gasteiger partial charge in [0.25, 0.3) is 0 Å². The predicted molar refractivity (Wildman–Crippen MR) is 81.5 cm³/mol. The Kier molecular flexibility index (Phi) is 4.54. The minimum atomic E-state index is -0.572. The monoisotopic (exact) mass is 327 g/mol. The van der Waals surface area contributed by atoms with E-state index < -0.39 is 11.7 Å². The van der Waals surface area contributed by atoms with E-state index in [1.165, 1.54) is 0 Å². The highest BCUT2D eigenvalue weighted by atomic mass is 79.9. The van der Waals surface area contributed by atoms with Crippen LogP contribution in [0.25, 0.3) is 0 Å². The van der Waals surface area contributed by atoms with Gasteiger partial charge in [-0.1, -0.05) is 28.8 Å². The van der Waals surface area contributed by atoms with Gasteiger partial charge in [-0.3, -0.25) is 0 Å². The molecule has 1 aliphatic carbocycles. The number of aliphatic hydroxyl groups is 2. The lowest BCUT2D eigenvalue weighted by Crippen LogP contribution is -2.39.